The molecular formula is C20H19F2N5O3S. The number of nitrogens with zero attached hydrogens (tertiary/aromatic N) is 3. The van der Waals surface area contributed by atoms with Crippen LogP contribution >= 0.6 is 11.8 Å². The third kappa shape index (κ3) is 5.79. The predicted octanol–water partition coefficient (Wildman–Crippen LogP) is 2.76. The summed E-state index contributed by atoms with van der Waals surface area (Å²) < 4.78 is 33.3. The summed E-state index contributed by atoms with van der Waals surface area (Å²) in [5, 5.41) is 13.6. The molecular weight excluding hydrogens is 428 g/mol. The van der Waals surface area contributed by atoms with Crippen molar-refractivity contribution in [2.24, 2.45) is 7.05 Å². The Bertz CT molecular complexity index is 1110. The Labute approximate surface area is 181 Å². The Hall–Kier alpha value is -3.47. The minimum Gasteiger partial charge on any atom is -0.497 e. The van der Waals surface area contributed by atoms with Crippen molar-refractivity contribution in [3.05, 3.63) is 65.5 Å². The minimum atomic E-state index is -0.855. The van der Waals surface area contributed by atoms with Gasteiger partial charge >= 0.3 is 0 Å². The highest BCUT2D eigenvalue weighted by molar-refractivity contribution is 7.99. The second kappa shape index (κ2) is 10.0. The Morgan fingerprint density at radius 3 is 2.71 bits per heavy atom. The molecule has 0 saturated heterocycles. The summed E-state index contributed by atoms with van der Waals surface area (Å²) in [6.07, 6.45) is 0. The van der Waals surface area contributed by atoms with Gasteiger partial charge in [-0.1, -0.05) is 17.8 Å². The number of benzene rings is 2. The maximum absolute atomic E-state index is 13.6. The number of rotatable bonds is 8. The molecule has 0 atom stereocenters. The van der Waals surface area contributed by atoms with Crippen molar-refractivity contribution in [3.8, 4) is 5.75 Å². The Kier molecular flexibility index (Phi) is 7.19. The standard InChI is InChI=1S/C20H19F2N5O3S/c1-27-17(10-23-19(29)12-4-3-5-14(8-12)30-2)25-26-20(27)31-11-18(28)24-16-7-6-13(21)9-15(16)22/h3-9H,10-11H2,1-2H3,(H,23,29)(H,24,28). The van der Waals surface area contributed by atoms with Crippen LogP contribution in [0.2, 0.25) is 0 Å². The molecule has 11 heteroatoms. The van der Waals surface area contributed by atoms with E-state index >= 15 is 0 Å². The van der Waals surface area contributed by atoms with Gasteiger partial charge in [-0.2, -0.15) is 0 Å². The number of halogens is 2. The molecule has 2 N–H and O–H groups in total. The third-order valence-electron chi connectivity index (χ3n) is 4.20. The van der Waals surface area contributed by atoms with Gasteiger partial charge in [-0.25, -0.2) is 8.78 Å². The van der Waals surface area contributed by atoms with E-state index in [4.69, 9.17) is 4.74 Å². The van der Waals surface area contributed by atoms with Crippen LogP contribution in [0, 0.1) is 11.6 Å². The predicted molar refractivity (Wildman–Crippen MR) is 111 cm³/mol. The van der Waals surface area contributed by atoms with E-state index in [2.05, 4.69) is 20.8 Å². The monoisotopic (exact) mass is 447 g/mol. The number of methoxy groups -OCH3 is 1. The topological polar surface area (TPSA) is 98.1 Å². The molecule has 0 radical (unpaired) electrons. The first-order valence-corrected chi connectivity index (χ1v) is 10.0. The van der Waals surface area contributed by atoms with Crippen molar-refractivity contribution in [1.29, 1.82) is 0 Å². The summed E-state index contributed by atoms with van der Waals surface area (Å²) in [6, 6.07) is 9.64. The molecule has 3 rings (SSSR count). The van der Waals surface area contributed by atoms with Crippen LogP contribution in [0.1, 0.15) is 16.2 Å². The van der Waals surface area contributed by atoms with Gasteiger partial charge in [0.05, 0.1) is 25.1 Å². The Morgan fingerprint density at radius 2 is 1.97 bits per heavy atom. The Morgan fingerprint density at radius 1 is 1.16 bits per heavy atom. The first-order valence-electron chi connectivity index (χ1n) is 9.05. The van der Waals surface area contributed by atoms with Crippen LogP contribution in [-0.4, -0.2) is 39.4 Å². The molecule has 0 fully saturated rings. The number of hydrogen-bond acceptors (Lipinski definition) is 6. The molecule has 0 unspecified atom stereocenters. The van der Waals surface area contributed by atoms with Gasteiger partial charge in [-0.3, -0.25) is 9.59 Å². The zero-order valence-electron chi connectivity index (χ0n) is 16.7. The van der Waals surface area contributed by atoms with Crippen LogP contribution in [0.5, 0.6) is 5.75 Å². The van der Waals surface area contributed by atoms with Crippen molar-refractivity contribution < 1.29 is 23.1 Å². The van der Waals surface area contributed by atoms with Crippen LogP contribution in [0.3, 0.4) is 0 Å². The van der Waals surface area contributed by atoms with Crippen LogP contribution in [-0.2, 0) is 18.4 Å². The summed E-state index contributed by atoms with van der Waals surface area (Å²) in [5.74, 6) is -1.35. The molecule has 31 heavy (non-hydrogen) atoms. The average molecular weight is 447 g/mol. The van der Waals surface area contributed by atoms with Crippen molar-refractivity contribution in [1.82, 2.24) is 20.1 Å². The molecule has 162 valence electrons. The number of thioether (sulfide) groups is 1. The fourth-order valence-electron chi connectivity index (χ4n) is 2.56. The lowest BCUT2D eigenvalue weighted by molar-refractivity contribution is -0.113. The van der Waals surface area contributed by atoms with Crippen LogP contribution < -0.4 is 15.4 Å². The molecule has 0 aliphatic carbocycles. The highest BCUT2D eigenvalue weighted by Crippen LogP contribution is 2.19. The summed E-state index contributed by atoms with van der Waals surface area (Å²) in [6.45, 7) is 0.132. The minimum absolute atomic E-state index is 0.0566. The maximum atomic E-state index is 13.6. The quantitative estimate of drug-likeness (QED) is 0.516. The number of carbonyl (C=O) groups excluding carboxylic acids is 2. The molecule has 0 aliphatic rings. The van der Waals surface area contributed by atoms with E-state index in [1.807, 2.05) is 0 Å². The number of aromatic nitrogens is 3. The van der Waals surface area contributed by atoms with Gasteiger partial charge in [-0.05, 0) is 30.3 Å². The lowest BCUT2D eigenvalue weighted by atomic mass is 10.2. The maximum Gasteiger partial charge on any atom is 0.251 e. The van der Waals surface area contributed by atoms with Gasteiger partial charge in [0.1, 0.15) is 17.4 Å². The second-order valence-corrected chi connectivity index (χ2v) is 7.28. The molecule has 0 spiro atoms. The zero-order valence-corrected chi connectivity index (χ0v) is 17.5. The van der Waals surface area contributed by atoms with Crippen molar-refractivity contribution in [3.63, 3.8) is 0 Å². The first-order chi connectivity index (χ1) is 14.9. The molecule has 8 nitrogen and oxygen atoms in total. The number of carbonyl (C=O) groups is 2. The van der Waals surface area contributed by atoms with Gasteiger partial charge in [0.25, 0.3) is 5.91 Å². The number of hydrogen-bond donors (Lipinski definition) is 2. The average Bonchev–Trinajstić information content (AvgIpc) is 3.12. The molecule has 1 heterocycles. The fraction of sp³-hybridized carbons (Fsp3) is 0.200. The molecule has 2 aromatic carbocycles. The van der Waals surface area contributed by atoms with E-state index in [1.54, 1.807) is 35.9 Å². The van der Waals surface area contributed by atoms with E-state index < -0.39 is 17.5 Å². The summed E-state index contributed by atoms with van der Waals surface area (Å²) in [4.78, 5) is 24.4. The first kappa shape index (κ1) is 22.2. The van der Waals surface area contributed by atoms with E-state index in [9.17, 15) is 18.4 Å². The van der Waals surface area contributed by atoms with Gasteiger partial charge in [0, 0.05) is 18.7 Å². The third-order valence-corrected chi connectivity index (χ3v) is 5.22. The van der Waals surface area contributed by atoms with Crippen LogP contribution in [0.25, 0.3) is 0 Å². The van der Waals surface area contributed by atoms with Crippen LogP contribution in [0.15, 0.2) is 47.6 Å². The van der Waals surface area contributed by atoms with Crippen molar-refractivity contribution in [2.45, 2.75) is 11.7 Å². The molecule has 0 bridgehead atoms. The fourth-order valence-corrected chi connectivity index (χ4v) is 3.29. The molecule has 0 saturated carbocycles. The van der Waals surface area contributed by atoms with Gasteiger partial charge in [0.2, 0.25) is 5.91 Å². The van der Waals surface area contributed by atoms with E-state index in [-0.39, 0.29) is 23.9 Å². The summed E-state index contributed by atoms with van der Waals surface area (Å²) in [5.41, 5.74) is 0.340. The van der Waals surface area contributed by atoms with Crippen molar-refractivity contribution >= 4 is 29.3 Å². The van der Waals surface area contributed by atoms with Crippen molar-refractivity contribution in [2.75, 3.05) is 18.2 Å². The molecule has 0 aliphatic heterocycles. The van der Waals surface area contributed by atoms with Gasteiger partial charge in [-0.15, -0.1) is 10.2 Å². The molecule has 1 aromatic heterocycles. The van der Waals surface area contributed by atoms with Gasteiger partial charge in [0.15, 0.2) is 11.0 Å². The second-order valence-electron chi connectivity index (χ2n) is 6.33. The smallest absolute Gasteiger partial charge is 0.251 e. The molecule has 3 aromatic rings. The largest absolute Gasteiger partial charge is 0.497 e. The number of amides is 2. The SMILES string of the molecule is COc1cccc(C(=O)NCc2nnc(SCC(=O)Nc3ccc(F)cc3F)n2C)c1. The summed E-state index contributed by atoms with van der Waals surface area (Å²) in [7, 11) is 3.22. The normalized spacial score (nSPS) is 10.6. The van der Waals surface area contributed by atoms with Crippen LogP contribution in [0.4, 0.5) is 14.5 Å². The van der Waals surface area contributed by atoms with E-state index in [0.717, 1.165) is 23.9 Å². The number of nitrogens with one attached hydrogen (secondary N) is 2. The zero-order chi connectivity index (χ0) is 22.4. The van der Waals surface area contributed by atoms with Gasteiger partial charge < -0.3 is 19.9 Å². The lowest BCUT2D eigenvalue weighted by Crippen LogP contribution is -2.24. The highest BCUT2D eigenvalue weighted by atomic mass is 32.2. The summed E-state index contributed by atoms with van der Waals surface area (Å²) >= 11 is 1.09. The number of anilines is 1. The highest BCUT2D eigenvalue weighted by Gasteiger charge is 2.14. The molecule has 2 amide bonds. The lowest BCUT2D eigenvalue weighted by Gasteiger charge is -2.08. The Balaban J connectivity index is 1.53. The number of ether oxygens (including phenoxy) is 1. The van der Waals surface area contributed by atoms with E-state index in [0.29, 0.717) is 28.4 Å². The van der Waals surface area contributed by atoms with E-state index in [1.165, 1.54) is 7.11 Å².